The van der Waals surface area contributed by atoms with Crippen molar-refractivity contribution in [2.45, 2.75) is 49.6 Å². The number of benzene rings is 3. The third-order valence-electron chi connectivity index (χ3n) is 7.56. The van der Waals surface area contributed by atoms with Gasteiger partial charge in [-0.25, -0.2) is 13.2 Å². The number of sulfonamides is 1. The first-order valence-corrected chi connectivity index (χ1v) is 14.5. The van der Waals surface area contributed by atoms with Crippen LogP contribution >= 0.6 is 0 Å². The van der Waals surface area contributed by atoms with Crippen LogP contribution in [0.5, 0.6) is 0 Å². The molecule has 0 saturated heterocycles. The van der Waals surface area contributed by atoms with Gasteiger partial charge in [0.05, 0.1) is 28.7 Å². The largest absolute Gasteiger partial charge is 0.462 e. The van der Waals surface area contributed by atoms with Crippen molar-refractivity contribution >= 4 is 27.6 Å². The van der Waals surface area contributed by atoms with Crippen LogP contribution in [-0.4, -0.2) is 37.9 Å². The number of hydrogen-bond donors (Lipinski definition) is 0. The summed E-state index contributed by atoms with van der Waals surface area (Å²) in [6.45, 7) is 4.42. The average Bonchev–Trinajstić information content (AvgIpc) is 3.26. The summed E-state index contributed by atoms with van der Waals surface area (Å²) < 4.78 is 40.7. The second-order valence-electron chi connectivity index (χ2n) is 9.93. The summed E-state index contributed by atoms with van der Waals surface area (Å²) in [7, 11) is -4.50. The van der Waals surface area contributed by atoms with Crippen molar-refractivity contribution in [1.82, 2.24) is 0 Å². The summed E-state index contributed by atoms with van der Waals surface area (Å²) in [6, 6.07) is 19.1. The van der Waals surface area contributed by atoms with Crippen molar-refractivity contribution in [1.29, 1.82) is 0 Å². The van der Waals surface area contributed by atoms with E-state index in [2.05, 4.69) is 0 Å². The minimum atomic E-state index is -4.50. The molecule has 2 aliphatic rings. The van der Waals surface area contributed by atoms with Gasteiger partial charge >= 0.3 is 11.9 Å². The van der Waals surface area contributed by atoms with Gasteiger partial charge in [0.1, 0.15) is 11.3 Å². The maximum atomic E-state index is 14.4. The summed E-state index contributed by atoms with van der Waals surface area (Å²) in [5.41, 5.74) is -1.02. The fourth-order valence-electron chi connectivity index (χ4n) is 5.97. The van der Waals surface area contributed by atoms with Crippen molar-refractivity contribution in [2.24, 2.45) is 0 Å². The molecule has 0 N–H and O–H groups in total. The minimum absolute atomic E-state index is 0.0570. The molecule has 0 aromatic heterocycles. The molecule has 1 heterocycles. The lowest BCUT2D eigenvalue weighted by Crippen LogP contribution is -2.59. The number of rotatable bonds is 7. The Balaban J connectivity index is 1.92. The zero-order valence-corrected chi connectivity index (χ0v) is 23.5. The van der Waals surface area contributed by atoms with Crippen molar-refractivity contribution in [2.75, 3.05) is 10.9 Å². The summed E-state index contributed by atoms with van der Waals surface area (Å²) in [5.74, 6) is -2.94. The average molecular weight is 577 g/mol. The number of nitrogens with zero attached hydrogens (tertiary/aromatic N) is 2. The highest BCUT2D eigenvalue weighted by Crippen LogP contribution is 2.61. The zero-order valence-electron chi connectivity index (χ0n) is 22.6. The van der Waals surface area contributed by atoms with Gasteiger partial charge in [0.15, 0.2) is 6.04 Å². The molecule has 3 aromatic carbocycles. The Kier molecular flexibility index (Phi) is 7.16. The number of carbonyl (C=O) groups is 2. The Morgan fingerprint density at radius 3 is 2.27 bits per heavy atom. The summed E-state index contributed by atoms with van der Waals surface area (Å²) in [6.07, 6.45) is -0.220. The minimum Gasteiger partial charge on any atom is -0.462 e. The number of fused-ring (bicyclic) bond motifs is 3. The SMILES string of the molecule is CCOC(=O)C1=C(OC(C)=O)C[C@@H](c2ccccc2)[C@]2([N+](=O)[O-])c3ccccc3N(S(=O)(=O)c3ccc(C)cc3)[C@H]12. The van der Waals surface area contributed by atoms with Gasteiger partial charge in [0, 0.05) is 18.3 Å². The Morgan fingerprint density at radius 2 is 1.66 bits per heavy atom. The van der Waals surface area contributed by atoms with Crippen LogP contribution in [0.25, 0.3) is 0 Å². The maximum Gasteiger partial charge on any atom is 0.339 e. The molecule has 5 rings (SSSR count). The van der Waals surface area contributed by atoms with Crippen molar-refractivity contribution in [3.8, 4) is 0 Å². The number of ether oxygens (including phenoxy) is 2. The lowest BCUT2D eigenvalue weighted by Gasteiger charge is -2.42. The number of esters is 2. The Hall–Kier alpha value is -4.51. The predicted molar refractivity (Wildman–Crippen MR) is 149 cm³/mol. The fraction of sp³-hybridized carbons (Fsp3) is 0.267. The fourth-order valence-corrected chi connectivity index (χ4v) is 7.64. The van der Waals surface area contributed by atoms with Crippen LogP contribution in [0, 0.1) is 17.0 Å². The smallest absolute Gasteiger partial charge is 0.339 e. The maximum absolute atomic E-state index is 14.4. The van der Waals surface area contributed by atoms with Crippen LogP contribution in [-0.2, 0) is 34.6 Å². The van der Waals surface area contributed by atoms with Crippen molar-refractivity contribution in [3.05, 3.63) is 117 Å². The third-order valence-corrected chi connectivity index (χ3v) is 9.36. The molecule has 3 atom stereocenters. The van der Waals surface area contributed by atoms with E-state index in [0.717, 1.165) is 16.8 Å². The Bertz CT molecular complexity index is 1670. The summed E-state index contributed by atoms with van der Waals surface area (Å²) in [4.78, 5) is 38.8. The van der Waals surface area contributed by atoms with Crippen LogP contribution in [0.1, 0.15) is 42.9 Å². The van der Waals surface area contributed by atoms with Crippen LogP contribution in [0.15, 0.2) is 95.1 Å². The molecule has 1 aliphatic heterocycles. The lowest BCUT2D eigenvalue weighted by molar-refractivity contribution is -0.586. The molecule has 3 aromatic rings. The van der Waals surface area contributed by atoms with Gasteiger partial charge in [-0.1, -0.05) is 60.2 Å². The van der Waals surface area contributed by atoms with Crippen molar-refractivity contribution < 1.29 is 32.4 Å². The number of allylic oxidation sites excluding steroid dienone is 1. The third kappa shape index (κ3) is 4.37. The zero-order chi connectivity index (χ0) is 29.5. The van der Waals surface area contributed by atoms with Gasteiger partial charge in [0.25, 0.3) is 15.6 Å². The standard InChI is InChI=1S/C30H28N2O8S/c1-4-39-29(34)27-26(40-20(3)33)18-24(21-10-6-5-7-11-21)30(32(35)36)23-12-8-9-13-25(23)31(28(27)30)41(37,38)22-16-14-19(2)15-17-22/h5-17,24,28H,4,18H2,1-3H3/t24-,28+,30+/m0/s1. The van der Waals surface area contributed by atoms with Crippen LogP contribution in [0.4, 0.5) is 5.69 Å². The number of nitro groups is 1. The van der Waals surface area contributed by atoms with Gasteiger partial charge in [-0.15, -0.1) is 0 Å². The molecule has 11 heteroatoms. The highest BCUT2D eigenvalue weighted by Gasteiger charge is 2.72. The second kappa shape index (κ2) is 10.5. The number of anilines is 1. The molecule has 0 bridgehead atoms. The van der Waals surface area contributed by atoms with Gasteiger partial charge in [-0.05, 0) is 43.7 Å². The highest BCUT2D eigenvalue weighted by molar-refractivity contribution is 7.93. The molecular formula is C30H28N2O8S. The highest BCUT2D eigenvalue weighted by atomic mass is 32.2. The first kappa shape index (κ1) is 28.0. The van der Waals surface area contributed by atoms with Crippen LogP contribution in [0.3, 0.4) is 0 Å². The quantitative estimate of drug-likeness (QED) is 0.226. The number of aryl methyl sites for hydroxylation is 1. The first-order chi connectivity index (χ1) is 19.5. The van der Waals surface area contributed by atoms with Gasteiger partial charge in [-0.3, -0.25) is 19.2 Å². The first-order valence-electron chi connectivity index (χ1n) is 13.0. The molecule has 1 aliphatic carbocycles. The molecule has 0 fully saturated rings. The predicted octanol–water partition coefficient (Wildman–Crippen LogP) is 4.61. The monoisotopic (exact) mass is 576 g/mol. The normalized spacial score (nSPS) is 21.6. The molecule has 0 unspecified atom stereocenters. The van der Waals surface area contributed by atoms with Crippen molar-refractivity contribution in [3.63, 3.8) is 0 Å². The van der Waals surface area contributed by atoms with Gasteiger partial charge < -0.3 is 9.47 Å². The number of para-hydroxylation sites is 1. The van der Waals surface area contributed by atoms with E-state index in [1.807, 2.05) is 0 Å². The topological polar surface area (TPSA) is 133 Å². The number of hydrogen-bond acceptors (Lipinski definition) is 8. The van der Waals surface area contributed by atoms with Crippen LogP contribution < -0.4 is 4.31 Å². The Labute approximate surface area is 237 Å². The van der Waals surface area contributed by atoms with Crippen LogP contribution in [0.2, 0.25) is 0 Å². The molecular weight excluding hydrogens is 548 g/mol. The molecule has 0 saturated carbocycles. The van der Waals surface area contributed by atoms with Gasteiger partial charge in [0.2, 0.25) is 0 Å². The summed E-state index contributed by atoms with van der Waals surface area (Å²) in [5, 5.41) is 13.5. The lowest BCUT2D eigenvalue weighted by atomic mass is 9.65. The Morgan fingerprint density at radius 1 is 1.02 bits per heavy atom. The number of carbonyl (C=O) groups excluding carboxylic acids is 2. The molecule has 0 amide bonds. The molecule has 41 heavy (non-hydrogen) atoms. The van der Waals surface area contributed by atoms with E-state index >= 15 is 0 Å². The molecule has 10 nitrogen and oxygen atoms in total. The van der Waals surface area contributed by atoms with E-state index in [1.54, 1.807) is 68.4 Å². The van der Waals surface area contributed by atoms with E-state index in [0.29, 0.717) is 5.56 Å². The molecule has 0 spiro atoms. The summed E-state index contributed by atoms with van der Waals surface area (Å²) >= 11 is 0. The van der Waals surface area contributed by atoms with E-state index in [4.69, 9.17) is 9.47 Å². The van der Waals surface area contributed by atoms with E-state index in [9.17, 15) is 28.1 Å². The molecule has 212 valence electrons. The van der Waals surface area contributed by atoms with E-state index in [1.165, 1.54) is 24.3 Å². The van der Waals surface area contributed by atoms with Gasteiger partial charge in [-0.2, -0.15) is 0 Å². The molecule has 0 radical (unpaired) electrons. The second-order valence-corrected chi connectivity index (χ2v) is 11.7. The van der Waals surface area contributed by atoms with E-state index in [-0.39, 0.29) is 40.5 Å². The van der Waals surface area contributed by atoms with E-state index < -0.39 is 44.4 Å².